The molecule has 0 aliphatic heterocycles. The Morgan fingerprint density at radius 2 is 1.46 bits per heavy atom. The Morgan fingerprint density at radius 3 is 2.18 bits per heavy atom. The van der Waals surface area contributed by atoms with Crippen molar-refractivity contribution in [3.63, 3.8) is 0 Å². The average molecular weight is 365 g/mol. The summed E-state index contributed by atoms with van der Waals surface area (Å²) in [6, 6.07) is 31.4. The normalized spacial score (nSPS) is 24.5. The van der Waals surface area contributed by atoms with Gasteiger partial charge >= 0.3 is 0 Å². The molecular weight excluding hydrogens is 336 g/mol. The van der Waals surface area contributed by atoms with E-state index in [0.29, 0.717) is 17.8 Å². The third-order valence-corrected chi connectivity index (χ3v) is 7.00. The molecule has 3 atom stereocenters. The maximum absolute atomic E-state index is 3.39. The maximum Gasteiger partial charge on any atom is 0.00680 e. The van der Waals surface area contributed by atoms with Gasteiger partial charge in [0.2, 0.25) is 0 Å². The van der Waals surface area contributed by atoms with Crippen LogP contribution in [0.1, 0.15) is 83.6 Å². The molecule has 5 rings (SSSR count). The van der Waals surface area contributed by atoms with Gasteiger partial charge in [-0.2, -0.15) is 0 Å². The highest BCUT2D eigenvalue weighted by molar-refractivity contribution is 5.49. The lowest BCUT2D eigenvalue weighted by molar-refractivity contribution is 0.443. The Hall–Kier alpha value is -2.52. The van der Waals surface area contributed by atoms with Gasteiger partial charge in [-0.1, -0.05) is 86.0 Å². The van der Waals surface area contributed by atoms with Gasteiger partial charge in [0.1, 0.15) is 0 Å². The second kappa shape index (κ2) is 7.48. The fourth-order valence-electron chi connectivity index (χ4n) is 5.45. The molecule has 3 aromatic rings. The van der Waals surface area contributed by atoms with E-state index in [0.717, 1.165) is 5.92 Å². The number of rotatable bonds is 4. The largest absolute Gasteiger partial charge is 0.0699 e. The van der Waals surface area contributed by atoms with Crippen molar-refractivity contribution in [2.24, 2.45) is 0 Å². The van der Waals surface area contributed by atoms with Crippen LogP contribution in [-0.4, -0.2) is 0 Å². The van der Waals surface area contributed by atoms with Crippen molar-refractivity contribution in [1.82, 2.24) is 0 Å². The van der Waals surface area contributed by atoms with Gasteiger partial charge in [-0.25, -0.2) is 0 Å². The summed E-state index contributed by atoms with van der Waals surface area (Å²) in [6.45, 7) is 2.24. The summed E-state index contributed by atoms with van der Waals surface area (Å²) in [6.07, 6.45) is 6.94. The molecular formula is C28H28. The molecule has 0 aromatic heterocycles. The van der Waals surface area contributed by atoms with Crippen molar-refractivity contribution in [2.75, 3.05) is 0 Å². The summed E-state index contributed by atoms with van der Waals surface area (Å²) >= 11 is 0. The van der Waals surface area contributed by atoms with E-state index in [4.69, 9.17) is 0 Å². The van der Waals surface area contributed by atoms with Crippen molar-refractivity contribution >= 4 is 0 Å². The highest BCUT2D eigenvalue weighted by Crippen LogP contribution is 2.66. The molecule has 0 heteroatoms. The molecule has 3 unspecified atom stereocenters. The second-order valence-corrected chi connectivity index (χ2v) is 8.69. The first kappa shape index (κ1) is 17.6. The smallest absolute Gasteiger partial charge is 0.00680 e. The zero-order valence-corrected chi connectivity index (χ0v) is 16.7. The zero-order valence-electron chi connectivity index (χ0n) is 16.7. The molecule has 0 saturated heterocycles. The first-order valence-corrected chi connectivity index (χ1v) is 10.9. The van der Waals surface area contributed by atoms with Gasteiger partial charge in [0.05, 0.1) is 0 Å². The average Bonchev–Trinajstić information content (AvgIpc) is 3.51. The van der Waals surface area contributed by atoms with Crippen molar-refractivity contribution < 1.29 is 0 Å². The van der Waals surface area contributed by atoms with Gasteiger partial charge in [0, 0.05) is 11.5 Å². The van der Waals surface area contributed by atoms with Crippen LogP contribution in [0, 0.1) is 19.1 Å². The molecule has 0 nitrogen and oxygen atoms in total. The van der Waals surface area contributed by atoms with Crippen LogP contribution in [-0.2, 0) is 0 Å². The second-order valence-electron chi connectivity index (χ2n) is 8.69. The summed E-state index contributed by atoms with van der Waals surface area (Å²) < 4.78 is 0. The van der Waals surface area contributed by atoms with E-state index >= 15 is 0 Å². The quantitative estimate of drug-likeness (QED) is 0.455. The number of hydrogen-bond acceptors (Lipinski definition) is 0. The first-order valence-electron chi connectivity index (χ1n) is 10.9. The maximum atomic E-state index is 3.39. The van der Waals surface area contributed by atoms with Gasteiger partial charge in [-0.15, -0.1) is 0 Å². The van der Waals surface area contributed by atoms with Crippen molar-refractivity contribution in [2.45, 2.75) is 62.7 Å². The molecule has 0 spiro atoms. The summed E-state index contributed by atoms with van der Waals surface area (Å²) in [5.74, 6) is 2.39. The summed E-state index contributed by atoms with van der Waals surface area (Å²) in [4.78, 5) is 0. The fraction of sp³-hybridized carbons (Fsp3) is 0.357. The van der Waals surface area contributed by atoms with E-state index in [2.05, 4.69) is 79.7 Å². The highest BCUT2D eigenvalue weighted by atomic mass is 14.5. The first-order chi connectivity index (χ1) is 13.8. The predicted molar refractivity (Wildman–Crippen MR) is 116 cm³/mol. The van der Waals surface area contributed by atoms with Crippen LogP contribution in [0.3, 0.4) is 0 Å². The molecule has 0 heterocycles. The predicted octanol–water partition coefficient (Wildman–Crippen LogP) is 7.31. The third kappa shape index (κ3) is 3.24. The number of benzene rings is 2. The van der Waals surface area contributed by atoms with Crippen molar-refractivity contribution in [1.29, 1.82) is 0 Å². The molecule has 0 bridgehead atoms. The molecule has 2 aliphatic carbocycles. The molecule has 2 fully saturated rings. The molecule has 3 aromatic carbocycles. The lowest BCUT2D eigenvalue weighted by Gasteiger charge is -2.22. The number of aryl methyl sites for hydroxylation is 1. The van der Waals surface area contributed by atoms with E-state index in [1.807, 2.05) is 6.07 Å². The number of hydrogen-bond donors (Lipinski definition) is 0. The van der Waals surface area contributed by atoms with Gasteiger partial charge < -0.3 is 0 Å². The van der Waals surface area contributed by atoms with Gasteiger partial charge in [0.25, 0.3) is 0 Å². The van der Waals surface area contributed by atoms with E-state index in [1.54, 1.807) is 5.56 Å². The SMILES string of the molecule is Cc1ccccc1C1C(c2c#cccc2)C1c1ccc(C2CCCCC2)cc1. The third-order valence-electron chi connectivity index (χ3n) is 7.00. The molecule has 140 valence electrons. The van der Waals surface area contributed by atoms with E-state index in [1.165, 1.54) is 54.4 Å². The zero-order chi connectivity index (χ0) is 18.9. The topological polar surface area (TPSA) is 0 Å². The Labute approximate surface area is 169 Å². The summed E-state index contributed by atoms with van der Waals surface area (Å²) in [5, 5.41) is 0. The Bertz CT molecular complexity index is 916. The van der Waals surface area contributed by atoms with Crippen molar-refractivity contribution in [3.8, 4) is 0 Å². The molecule has 0 N–H and O–H groups in total. The van der Waals surface area contributed by atoms with Crippen LogP contribution in [0.15, 0.2) is 66.7 Å². The molecule has 2 aliphatic rings. The van der Waals surface area contributed by atoms with E-state index in [9.17, 15) is 0 Å². The molecule has 2 saturated carbocycles. The van der Waals surface area contributed by atoms with E-state index in [-0.39, 0.29) is 0 Å². The fourth-order valence-corrected chi connectivity index (χ4v) is 5.45. The minimum absolute atomic E-state index is 0.513. The Morgan fingerprint density at radius 1 is 0.714 bits per heavy atom. The van der Waals surface area contributed by atoms with Crippen LogP contribution in [0.5, 0.6) is 0 Å². The highest BCUT2D eigenvalue weighted by Gasteiger charge is 2.53. The minimum atomic E-state index is 0.513. The minimum Gasteiger partial charge on any atom is -0.0699 e. The lowest BCUT2D eigenvalue weighted by atomic mass is 9.83. The van der Waals surface area contributed by atoms with Crippen LogP contribution >= 0.6 is 0 Å². The van der Waals surface area contributed by atoms with Crippen LogP contribution in [0.4, 0.5) is 0 Å². The van der Waals surface area contributed by atoms with Gasteiger partial charge in [-0.3, -0.25) is 0 Å². The van der Waals surface area contributed by atoms with Crippen LogP contribution < -0.4 is 0 Å². The molecule has 0 amide bonds. The monoisotopic (exact) mass is 364 g/mol. The van der Waals surface area contributed by atoms with Gasteiger partial charge in [0.15, 0.2) is 0 Å². The Balaban J connectivity index is 1.45. The van der Waals surface area contributed by atoms with Gasteiger partial charge in [-0.05, 0) is 71.9 Å². The standard InChI is InChI=1S/C28H28/c1-20-10-8-9-15-25(20)28-26(23-13-6-3-7-14-23)27(28)24-18-16-22(17-19-24)21-11-4-2-5-12-21/h3,6,8-10,13,15-19,21,26-28H,2,4-5,11-12H2,1H3. The summed E-state index contributed by atoms with van der Waals surface area (Å²) in [7, 11) is 0. The van der Waals surface area contributed by atoms with Crippen LogP contribution in [0.2, 0.25) is 0 Å². The van der Waals surface area contributed by atoms with E-state index < -0.39 is 0 Å². The van der Waals surface area contributed by atoms with Crippen molar-refractivity contribution in [3.05, 3.63) is 107 Å². The Kier molecular flexibility index (Phi) is 4.69. The summed E-state index contributed by atoms with van der Waals surface area (Å²) in [5.41, 5.74) is 7.23. The molecule has 0 radical (unpaired) electrons. The van der Waals surface area contributed by atoms with Crippen LogP contribution in [0.25, 0.3) is 0 Å². The molecule has 28 heavy (non-hydrogen) atoms. The lowest BCUT2D eigenvalue weighted by Crippen LogP contribution is -2.04.